The summed E-state index contributed by atoms with van der Waals surface area (Å²) in [4.78, 5) is 2.51. The number of hydrogen-bond donors (Lipinski definition) is 1. The van der Waals surface area contributed by atoms with Gasteiger partial charge < -0.3 is 10.1 Å². The van der Waals surface area contributed by atoms with Crippen molar-refractivity contribution in [1.29, 1.82) is 0 Å². The van der Waals surface area contributed by atoms with Gasteiger partial charge in [0.2, 0.25) is 0 Å². The Morgan fingerprint density at radius 1 is 1.32 bits per heavy atom. The summed E-state index contributed by atoms with van der Waals surface area (Å²) in [5, 5.41) is 3.70. The number of likely N-dealkylation sites (N-methyl/N-ethyl adjacent to an activating group) is 1. The van der Waals surface area contributed by atoms with Gasteiger partial charge in [-0.25, -0.2) is 0 Å². The second-order valence-electron chi connectivity index (χ2n) is 6.96. The lowest BCUT2D eigenvalue weighted by molar-refractivity contribution is -0.0474. The summed E-state index contributed by atoms with van der Waals surface area (Å²) in [5.41, 5.74) is 0.408. The molecule has 0 aromatic carbocycles. The highest BCUT2D eigenvalue weighted by molar-refractivity contribution is 4.84. The molecule has 0 radical (unpaired) electrons. The predicted molar refractivity (Wildman–Crippen MR) is 82.6 cm³/mol. The molecule has 2 atom stereocenters. The zero-order valence-corrected chi connectivity index (χ0v) is 13.7. The maximum absolute atomic E-state index is 6.03. The van der Waals surface area contributed by atoms with E-state index in [9.17, 15) is 0 Å². The fourth-order valence-corrected chi connectivity index (χ4v) is 2.60. The second kappa shape index (κ2) is 8.23. The average molecular weight is 270 g/mol. The summed E-state index contributed by atoms with van der Waals surface area (Å²) in [6.45, 7) is 16.7. The van der Waals surface area contributed by atoms with Crippen molar-refractivity contribution in [3.63, 3.8) is 0 Å². The topological polar surface area (TPSA) is 24.5 Å². The smallest absolute Gasteiger partial charge is 0.0855 e. The van der Waals surface area contributed by atoms with Gasteiger partial charge >= 0.3 is 0 Å². The van der Waals surface area contributed by atoms with Crippen LogP contribution in [0, 0.1) is 5.41 Å². The van der Waals surface area contributed by atoms with Gasteiger partial charge in [0.05, 0.1) is 12.7 Å². The molecule has 0 spiro atoms. The SMILES string of the molecule is CCCNC(CCC(C)(C)C)C1CN(CC)CCO1. The third kappa shape index (κ3) is 6.73. The second-order valence-corrected chi connectivity index (χ2v) is 6.96. The Morgan fingerprint density at radius 3 is 2.63 bits per heavy atom. The maximum atomic E-state index is 6.03. The van der Waals surface area contributed by atoms with Crippen molar-refractivity contribution in [2.45, 2.75) is 66.0 Å². The van der Waals surface area contributed by atoms with Gasteiger partial charge in [0, 0.05) is 19.1 Å². The Bertz CT molecular complexity index is 237. The number of hydrogen-bond acceptors (Lipinski definition) is 3. The number of nitrogens with zero attached hydrogens (tertiary/aromatic N) is 1. The Morgan fingerprint density at radius 2 is 2.05 bits per heavy atom. The van der Waals surface area contributed by atoms with E-state index in [-0.39, 0.29) is 0 Å². The van der Waals surface area contributed by atoms with Crippen LogP contribution in [-0.4, -0.2) is 49.8 Å². The summed E-state index contributed by atoms with van der Waals surface area (Å²) < 4.78 is 6.03. The van der Waals surface area contributed by atoms with Crippen LogP contribution in [0.1, 0.15) is 53.9 Å². The highest BCUT2D eigenvalue weighted by Gasteiger charge is 2.28. The van der Waals surface area contributed by atoms with Crippen molar-refractivity contribution in [2.75, 3.05) is 32.8 Å². The monoisotopic (exact) mass is 270 g/mol. The fraction of sp³-hybridized carbons (Fsp3) is 1.00. The summed E-state index contributed by atoms with van der Waals surface area (Å²) in [7, 11) is 0. The minimum absolute atomic E-state index is 0.364. The van der Waals surface area contributed by atoms with Gasteiger partial charge in [0.25, 0.3) is 0 Å². The van der Waals surface area contributed by atoms with Gasteiger partial charge in [-0.3, -0.25) is 4.90 Å². The van der Waals surface area contributed by atoms with Crippen LogP contribution in [0.3, 0.4) is 0 Å². The Labute approximate surface area is 120 Å². The molecule has 3 nitrogen and oxygen atoms in total. The molecule has 1 aliphatic rings. The van der Waals surface area contributed by atoms with Crippen LogP contribution in [0.15, 0.2) is 0 Å². The van der Waals surface area contributed by atoms with E-state index >= 15 is 0 Å². The normalized spacial score (nSPS) is 23.5. The van der Waals surface area contributed by atoms with Crippen LogP contribution in [0.4, 0.5) is 0 Å². The number of morpholine rings is 1. The van der Waals surface area contributed by atoms with E-state index in [2.05, 4.69) is 44.8 Å². The first-order valence-corrected chi connectivity index (χ1v) is 8.03. The lowest BCUT2D eigenvalue weighted by Gasteiger charge is -2.37. The highest BCUT2D eigenvalue weighted by Crippen LogP contribution is 2.23. The molecule has 114 valence electrons. The van der Waals surface area contributed by atoms with Crippen LogP contribution in [0.25, 0.3) is 0 Å². The molecule has 19 heavy (non-hydrogen) atoms. The molecule has 1 saturated heterocycles. The number of ether oxygens (including phenoxy) is 1. The van der Waals surface area contributed by atoms with E-state index in [0.717, 1.165) is 32.8 Å². The molecule has 0 aromatic heterocycles. The summed E-state index contributed by atoms with van der Waals surface area (Å²) in [6.07, 6.45) is 4.02. The van der Waals surface area contributed by atoms with Crippen molar-refractivity contribution in [1.82, 2.24) is 10.2 Å². The Balaban J connectivity index is 2.51. The quantitative estimate of drug-likeness (QED) is 0.770. The molecule has 2 unspecified atom stereocenters. The lowest BCUT2D eigenvalue weighted by Crippen LogP contribution is -2.52. The zero-order valence-electron chi connectivity index (χ0n) is 13.7. The first-order valence-electron chi connectivity index (χ1n) is 8.03. The molecule has 1 aliphatic heterocycles. The number of nitrogens with one attached hydrogen (secondary N) is 1. The van der Waals surface area contributed by atoms with Gasteiger partial charge in [0.1, 0.15) is 0 Å². The van der Waals surface area contributed by atoms with E-state index in [0.29, 0.717) is 17.6 Å². The molecule has 1 rings (SSSR count). The number of rotatable bonds is 7. The molecule has 0 amide bonds. The average Bonchev–Trinajstić information content (AvgIpc) is 2.38. The third-order valence-corrected chi connectivity index (χ3v) is 3.94. The molecule has 0 aromatic rings. The van der Waals surface area contributed by atoms with Gasteiger partial charge in [-0.15, -0.1) is 0 Å². The zero-order chi connectivity index (χ0) is 14.3. The van der Waals surface area contributed by atoms with Crippen molar-refractivity contribution < 1.29 is 4.74 Å². The third-order valence-electron chi connectivity index (χ3n) is 3.94. The summed E-state index contributed by atoms with van der Waals surface area (Å²) in [6, 6.07) is 0.508. The molecule has 0 bridgehead atoms. The van der Waals surface area contributed by atoms with Crippen molar-refractivity contribution >= 4 is 0 Å². The van der Waals surface area contributed by atoms with E-state index < -0.39 is 0 Å². The van der Waals surface area contributed by atoms with E-state index in [1.165, 1.54) is 19.3 Å². The van der Waals surface area contributed by atoms with Gasteiger partial charge in [-0.2, -0.15) is 0 Å². The molecule has 0 aliphatic carbocycles. The van der Waals surface area contributed by atoms with Crippen LogP contribution >= 0.6 is 0 Å². The van der Waals surface area contributed by atoms with Gasteiger partial charge in [0.15, 0.2) is 0 Å². The van der Waals surface area contributed by atoms with Crippen LogP contribution < -0.4 is 5.32 Å². The first-order chi connectivity index (χ1) is 8.96. The highest BCUT2D eigenvalue weighted by atomic mass is 16.5. The lowest BCUT2D eigenvalue weighted by atomic mass is 9.87. The minimum atomic E-state index is 0.364. The standard InChI is InChI=1S/C16H34N2O/c1-6-10-17-14(8-9-16(3,4)5)15-13-18(7-2)11-12-19-15/h14-15,17H,6-13H2,1-5H3. The maximum Gasteiger partial charge on any atom is 0.0855 e. The van der Waals surface area contributed by atoms with Crippen molar-refractivity contribution in [3.05, 3.63) is 0 Å². The van der Waals surface area contributed by atoms with Crippen LogP contribution in [0.2, 0.25) is 0 Å². The molecule has 0 saturated carbocycles. The Hall–Kier alpha value is -0.120. The fourth-order valence-electron chi connectivity index (χ4n) is 2.60. The molecule has 3 heteroatoms. The first kappa shape index (κ1) is 16.9. The van der Waals surface area contributed by atoms with Gasteiger partial charge in [-0.1, -0.05) is 34.6 Å². The van der Waals surface area contributed by atoms with E-state index in [1.54, 1.807) is 0 Å². The molecular formula is C16H34N2O. The van der Waals surface area contributed by atoms with Crippen molar-refractivity contribution in [3.8, 4) is 0 Å². The van der Waals surface area contributed by atoms with Crippen LogP contribution in [0.5, 0.6) is 0 Å². The predicted octanol–water partition coefficient (Wildman–Crippen LogP) is 2.90. The molecule has 1 heterocycles. The molecule has 1 N–H and O–H groups in total. The van der Waals surface area contributed by atoms with Gasteiger partial charge in [-0.05, 0) is 37.8 Å². The van der Waals surface area contributed by atoms with Crippen LogP contribution in [-0.2, 0) is 4.74 Å². The minimum Gasteiger partial charge on any atom is -0.374 e. The summed E-state index contributed by atoms with van der Waals surface area (Å²) in [5.74, 6) is 0. The van der Waals surface area contributed by atoms with E-state index in [4.69, 9.17) is 4.74 Å². The summed E-state index contributed by atoms with van der Waals surface area (Å²) >= 11 is 0. The molecule has 1 fully saturated rings. The molecular weight excluding hydrogens is 236 g/mol. The van der Waals surface area contributed by atoms with E-state index in [1.807, 2.05) is 0 Å². The Kier molecular flexibility index (Phi) is 7.33. The van der Waals surface area contributed by atoms with Crippen molar-refractivity contribution in [2.24, 2.45) is 5.41 Å². The largest absolute Gasteiger partial charge is 0.374 e.